The van der Waals surface area contributed by atoms with E-state index in [2.05, 4.69) is 32.6 Å². The van der Waals surface area contributed by atoms with Crippen molar-refractivity contribution in [1.29, 1.82) is 0 Å². The molecule has 0 fully saturated rings. The summed E-state index contributed by atoms with van der Waals surface area (Å²) in [6, 6.07) is 0. The Balaban J connectivity index is 0. The molecule has 0 rings (SSSR count). The van der Waals surface area contributed by atoms with Gasteiger partial charge in [-0.3, -0.25) is 4.79 Å². The first-order valence-electron chi connectivity index (χ1n) is 25.1. The van der Waals surface area contributed by atoms with E-state index >= 15 is 0 Å². The Morgan fingerprint density at radius 3 is 1.25 bits per heavy atom. The summed E-state index contributed by atoms with van der Waals surface area (Å²) in [7, 11) is 0. The molecule has 0 saturated heterocycles. The number of nitrogens with zero attached hydrogens (tertiary/aromatic N) is 1. The Hall–Kier alpha value is -0.300. The summed E-state index contributed by atoms with van der Waals surface area (Å²) in [5.41, 5.74) is 0. The van der Waals surface area contributed by atoms with Gasteiger partial charge in [-0.25, -0.2) is 0 Å². The second-order valence-corrected chi connectivity index (χ2v) is 17.8. The van der Waals surface area contributed by atoms with Gasteiger partial charge in [-0.05, 0) is 96.4 Å². The topological polar surface area (TPSA) is 59.0 Å². The predicted molar refractivity (Wildman–Crippen MR) is 251 cm³/mol. The van der Waals surface area contributed by atoms with Crippen molar-refractivity contribution in [1.82, 2.24) is 4.90 Å². The van der Waals surface area contributed by atoms with Gasteiger partial charge in [0.05, 0.1) is 18.6 Å². The van der Waals surface area contributed by atoms with Crippen LogP contribution in [0.25, 0.3) is 0 Å². The highest BCUT2D eigenvalue weighted by Gasteiger charge is 2.19. The van der Waals surface area contributed by atoms with Crippen LogP contribution in [0.15, 0.2) is 0 Å². The van der Waals surface area contributed by atoms with E-state index < -0.39 is 0 Å². The quantitative estimate of drug-likeness (QED) is 0.0488. The molecule has 6 heteroatoms. The van der Waals surface area contributed by atoms with Gasteiger partial charge in [0.1, 0.15) is 0 Å². The highest BCUT2D eigenvalue weighted by atomic mass is 32.2. The minimum atomic E-state index is 0.0717. The van der Waals surface area contributed by atoms with Crippen LogP contribution in [0.2, 0.25) is 0 Å². The Kier molecular flexibility index (Phi) is 52.5. The van der Waals surface area contributed by atoms with Crippen LogP contribution >= 0.6 is 11.8 Å². The highest BCUT2D eigenvalue weighted by molar-refractivity contribution is 7.97. The van der Waals surface area contributed by atoms with Crippen molar-refractivity contribution in [3.8, 4) is 0 Å². The first kappa shape index (κ1) is 57.8. The van der Waals surface area contributed by atoms with Crippen LogP contribution in [0, 0.1) is 5.92 Å². The van der Waals surface area contributed by atoms with E-state index in [0.717, 1.165) is 64.6 Å². The summed E-state index contributed by atoms with van der Waals surface area (Å²) in [6.45, 7) is 14.3. The molecule has 0 aliphatic rings. The molecule has 2 unspecified atom stereocenters. The number of rotatable bonds is 45. The molecule has 2 atom stereocenters. The van der Waals surface area contributed by atoms with Crippen LogP contribution < -0.4 is 0 Å². The third kappa shape index (κ3) is 44.8. The van der Waals surface area contributed by atoms with Gasteiger partial charge in [-0.2, -0.15) is 11.8 Å². The van der Waals surface area contributed by atoms with Crippen LogP contribution in [0.1, 0.15) is 252 Å². The van der Waals surface area contributed by atoms with E-state index in [0.29, 0.717) is 19.3 Å². The standard InChI is InChI=1S/C48H97NO4.C2H6S/c1-5-9-13-17-20-27-37-46(36-26-16-12-8-4)48(51)53-45-35-25-23-31-41-49(42-32-33-43-50)40-30-22-24-34-44-52-47(38-28-19-15-11-7-3)39-29-21-18-14-10-6-2;1-3-2/h46-47,50H,5-45H2,1-4H3;1-2H3. The lowest BCUT2D eigenvalue weighted by Gasteiger charge is -2.22. The van der Waals surface area contributed by atoms with Gasteiger partial charge >= 0.3 is 5.97 Å². The molecule has 0 amide bonds. The molecule has 1 N–H and O–H groups in total. The first-order chi connectivity index (χ1) is 27.5. The van der Waals surface area contributed by atoms with Crippen molar-refractivity contribution in [3.63, 3.8) is 0 Å². The van der Waals surface area contributed by atoms with Crippen LogP contribution in [0.4, 0.5) is 0 Å². The van der Waals surface area contributed by atoms with E-state index in [1.807, 2.05) is 12.5 Å². The number of hydrogen-bond donors (Lipinski definition) is 1. The molecule has 0 bridgehead atoms. The normalized spacial score (nSPS) is 12.5. The SMILES string of the molecule is CCCCCCCCC(CCCCCCC)OCCCCCCN(CCCCO)CCCCCCOC(=O)C(CCCCCC)CCCCCCCC.CSC. The minimum absolute atomic E-state index is 0.0717. The van der Waals surface area contributed by atoms with Crippen LogP contribution in [0.5, 0.6) is 0 Å². The Morgan fingerprint density at radius 1 is 0.464 bits per heavy atom. The average Bonchev–Trinajstić information content (AvgIpc) is 3.20. The van der Waals surface area contributed by atoms with Gasteiger partial charge in [0.2, 0.25) is 0 Å². The van der Waals surface area contributed by atoms with Gasteiger partial charge in [0.25, 0.3) is 0 Å². The highest BCUT2D eigenvalue weighted by Crippen LogP contribution is 2.21. The third-order valence-corrected chi connectivity index (χ3v) is 11.4. The van der Waals surface area contributed by atoms with Gasteiger partial charge in [-0.1, -0.05) is 188 Å². The first-order valence-corrected chi connectivity index (χ1v) is 26.7. The molecule has 5 nitrogen and oxygen atoms in total. The summed E-state index contributed by atoms with van der Waals surface area (Å²) >= 11 is 1.75. The van der Waals surface area contributed by atoms with Crippen LogP contribution in [-0.4, -0.2) is 74.0 Å². The van der Waals surface area contributed by atoms with E-state index in [1.165, 1.54) is 186 Å². The molecule has 0 heterocycles. The van der Waals surface area contributed by atoms with Gasteiger partial charge < -0.3 is 19.5 Å². The maximum Gasteiger partial charge on any atom is 0.308 e. The van der Waals surface area contributed by atoms with Crippen LogP contribution in [0.3, 0.4) is 0 Å². The predicted octanol–water partition coefficient (Wildman–Crippen LogP) is 15.5. The molecule has 0 spiro atoms. The lowest BCUT2D eigenvalue weighted by Crippen LogP contribution is -2.27. The largest absolute Gasteiger partial charge is 0.465 e. The fourth-order valence-corrected chi connectivity index (χ4v) is 7.71. The van der Waals surface area contributed by atoms with Crippen molar-refractivity contribution < 1.29 is 19.4 Å². The van der Waals surface area contributed by atoms with Gasteiger partial charge in [0.15, 0.2) is 0 Å². The summed E-state index contributed by atoms with van der Waals surface area (Å²) in [6.07, 6.45) is 48.1. The number of carbonyl (C=O) groups is 1. The summed E-state index contributed by atoms with van der Waals surface area (Å²) in [4.78, 5) is 15.6. The van der Waals surface area contributed by atoms with Crippen molar-refractivity contribution in [2.75, 3.05) is 52.0 Å². The number of thioether (sulfide) groups is 1. The number of aliphatic hydroxyl groups is 1. The second kappa shape index (κ2) is 50.8. The smallest absolute Gasteiger partial charge is 0.308 e. The molecule has 0 aliphatic heterocycles. The second-order valence-electron chi connectivity index (χ2n) is 17.0. The van der Waals surface area contributed by atoms with E-state index in [-0.39, 0.29) is 11.9 Å². The third-order valence-electron chi connectivity index (χ3n) is 11.4. The molecular formula is C50H103NO4S. The lowest BCUT2D eigenvalue weighted by atomic mass is 9.94. The molecular weight excluding hydrogens is 711 g/mol. The summed E-state index contributed by atoms with van der Waals surface area (Å²) < 4.78 is 12.3. The lowest BCUT2D eigenvalue weighted by molar-refractivity contribution is -0.149. The summed E-state index contributed by atoms with van der Waals surface area (Å²) in [5, 5.41) is 9.34. The minimum Gasteiger partial charge on any atom is -0.465 e. The van der Waals surface area contributed by atoms with Crippen molar-refractivity contribution in [2.45, 2.75) is 259 Å². The molecule has 0 radical (unpaired) electrons. The van der Waals surface area contributed by atoms with Crippen LogP contribution in [-0.2, 0) is 14.3 Å². The average molecular weight is 814 g/mol. The van der Waals surface area contributed by atoms with E-state index in [4.69, 9.17) is 9.47 Å². The summed E-state index contributed by atoms with van der Waals surface area (Å²) in [5.74, 6) is 0.178. The number of unbranched alkanes of at least 4 members (excludes halogenated alkanes) is 24. The number of esters is 1. The molecule has 0 aliphatic carbocycles. The van der Waals surface area contributed by atoms with E-state index in [9.17, 15) is 9.90 Å². The number of aliphatic hydroxyl groups excluding tert-OH is 1. The zero-order chi connectivity index (χ0) is 41.4. The van der Waals surface area contributed by atoms with E-state index in [1.54, 1.807) is 11.8 Å². The van der Waals surface area contributed by atoms with Crippen molar-refractivity contribution in [2.24, 2.45) is 5.92 Å². The number of hydrogen-bond acceptors (Lipinski definition) is 6. The zero-order valence-electron chi connectivity index (χ0n) is 39.2. The number of ether oxygens (including phenoxy) is 2. The molecule has 56 heavy (non-hydrogen) atoms. The zero-order valence-corrected chi connectivity index (χ0v) is 40.0. The Morgan fingerprint density at radius 2 is 0.804 bits per heavy atom. The fraction of sp³-hybridized carbons (Fsp3) is 0.980. The number of carbonyl (C=O) groups excluding carboxylic acids is 1. The molecule has 0 aromatic heterocycles. The maximum atomic E-state index is 13.0. The Bertz CT molecular complexity index is 725. The maximum absolute atomic E-state index is 13.0. The molecule has 0 aromatic carbocycles. The Labute approximate surface area is 357 Å². The van der Waals surface area contributed by atoms with Gasteiger partial charge in [-0.15, -0.1) is 0 Å². The molecule has 0 aromatic rings. The molecule has 338 valence electrons. The van der Waals surface area contributed by atoms with Crippen molar-refractivity contribution >= 4 is 17.7 Å². The monoisotopic (exact) mass is 814 g/mol. The van der Waals surface area contributed by atoms with Gasteiger partial charge in [0, 0.05) is 13.2 Å². The molecule has 0 saturated carbocycles. The fourth-order valence-electron chi connectivity index (χ4n) is 7.71. The van der Waals surface area contributed by atoms with Crippen molar-refractivity contribution in [3.05, 3.63) is 0 Å².